The third kappa shape index (κ3) is 5.77. The molecule has 0 aliphatic rings. The molecule has 1 amide bonds. The molecule has 0 saturated carbocycles. The van der Waals surface area contributed by atoms with Crippen molar-refractivity contribution in [2.45, 2.75) is 20.0 Å². The first kappa shape index (κ1) is 19.2. The number of carbonyl (C=O) groups excluding carboxylic acids is 2. The molecule has 0 aromatic heterocycles. The molecule has 0 radical (unpaired) electrons. The van der Waals surface area contributed by atoms with Gasteiger partial charge in [0.15, 0.2) is 24.2 Å². The fourth-order valence-electron chi connectivity index (χ4n) is 2.08. The number of esters is 1. The number of amides is 1. The van der Waals surface area contributed by atoms with Crippen LogP contribution in [0, 0.1) is 5.82 Å². The molecular formula is C19H20FNO5. The highest BCUT2D eigenvalue weighted by Crippen LogP contribution is 2.26. The fourth-order valence-corrected chi connectivity index (χ4v) is 2.08. The molecule has 1 atom stereocenters. The predicted octanol–water partition coefficient (Wildman–Crippen LogP) is 3.17. The van der Waals surface area contributed by atoms with E-state index in [0.717, 1.165) is 0 Å². The van der Waals surface area contributed by atoms with E-state index in [9.17, 15) is 14.0 Å². The lowest BCUT2D eigenvalue weighted by Gasteiger charge is -2.15. The molecule has 0 spiro atoms. The lowest BCUT2D eigenvalue weighted by Crippen LogP contribution is -2.31. The lowest BCUT2D eigenvalue weighted by atomic mass is 10.3. The first-order chi connectivity index (χ1) is 12.5. The number of hydrogen-bond acceptors (Lipinski definition) is 5. The number of ether oxygens (including phenoxy) is 3. The topological polar surface area (TPSA) is 73.9 Å². The zero-order valence-corrected chi connectivity index (χ0v) is 14.5. The summed E-state index contributed by atoms with van der Waals surface area (Å²) in [6, 6.07) is 12.3. The fraction of sp³-hybridized carbons (Fsp3) is 0.263. The van der Waals surface area contributed by atoms with E-state index in [2.05, 4.69) is 5.32 Å². The third-order valence-electron chi connectivity index (χ3n) is 3.26. The van der Waals surface area contributed by atoms with Crippen LogP contribution in [0.5, 0.6) is 11.5 Å². The average molecular weight is 361 g/mol. The molecule has 0 aliphatic carbocycles. The first-order valence-corrected chi connectivity index (χ1v) is 8.10. The molecule has 2 aromatic rings. The molecule has 26 heavy (non-hydrogen) atoms. The first-order valence-electron chi connectivity index (χ1n) is 8.10. The number of rotatable bonds is 8. The highest BCUT2D eigenvalue weighted by atomic mass is 19.1. The summed E-state index contributed by atoms with van der Waals surface area (Å²) in [5.41, 5.74) is 0.278. The summed E-state index contributed by atoms with van der Waals surface area (Å²) in [7, 11) is 0. The van der Waals surface area contributed by atoms with Crippen molar-refractivity contribution in [1.82, 2.24) is 0 Å². The minimum Gasteiger partial charge on any atom is -0.490 e. The van der Waals surface area contributed by atoms with E-state index in [1.807, 2.05) is 6.92 Å². The summed E-state index contributed by atoms with van der Waals surface area (Å²) < 4.78 is 28.9. The Morgan fingerprint density at radius 3 is 2.42 bits per heavy atom. The minimum atomic E-state index is -1.06. The van der Waals surface area contributed by atoms with Crippen molar-refractivity contribution < 1.29 is 28.2 Å². The van der Waals surface area contributed by atoms with Crippen molar-refractivity contribution >= 4 is 17.6 Å². The Balaban J connectivity index is 1.84. The molecule has 0 fully saturated rings. The highest BCUT2D eigenvalue weighted by molar-refractivity contribution is 5.95. The molecule has 7 heteroatoms. The van der Waals surface area contributed by atoms with Gasteiger partial charge in [-0.3, -0.25) is 4.79 Å². The van der Waals surface area contributed by atoms with E-state index in [1.54, 1.807) is 24.3 Å². The highest BCUT2D eigenvalue weighted by Gasteiger charge is 2.19. The van der Waals surface area contributed by atoms with Gasteiger partial charge in [0.2, 0.25) is 0 Å². The Hall–Kier alpha value is -3.09. The van der Waals surface area contributed by atoms with Crippen molar-refractivity contribution in [3.63, 3.8) is 0 Å². The van der Waals surface area contributed by atoms with E-state index in [1.165, 1.54) is 31.2 Å². The monoisotopic (exact) mass is 361 g/mol. The number of halogens is 1. The van der Waals surface area contributed by atoms with Gasteiger partial charge in [-0.2, -0.15) is 0 Å². The van der Waals surface area contributed by atoms with Crippen LogP contribution >= 0.6 is 0 Å². The molecule has 0 saturated heterocycles. The summed E-state index contributed by atoms with van der Waals surface area (Å²) in [5.74, 6) is -0.839. The molecule has 6 nitrogen and oxygen atoms in total. The molecule has 0 aliphatic heterocycles. The van der Waals surface area contributed by atoms with Gasteiger partial charge in [-0.15, -0.1) is 0 Å². The average Bonchev–Trinajstić information content (AvgIpc) is 2.61. The maximum Gasteiger partial charge on any atom is 0.344 e. The van der Waals surface area contributed by atoms with Crippen LogP contribution in [-0.2, 0) is 14.3 Å². The Bertz CT molecular complexity index is 765. The van der Waals surface area contributed by atoms with E-state index >= 15 is 0 Å². The number of carbonyl (C=O) groups is 2. The van der Waals surface area contributed by atoms with E-state index in [4.69, 9.17) is 14.2 Å². The van der Waals surface area contributed by atoms with Crippen molar-refractivity contribution in [1.29, 1.82) is 0 Å². The van der Waals surface area contributed by atoms with Gasteiger partial charge in [0.25, 0.3) is 5.91 Å². The molecule has 0 bridgehead atoms. The second-order valence-corrected chi connectivity index (χ2v) is 5.30. The van der Waals surface area contributed by atoms with Crippen LogP contribution in [0.3, 0.4) is 0 Å². The normalized spacial score (nSPS) is 11.3. The second-order valence-electron chi connectivity index (χ2n) is 5.30. The van der Waals surface area contributed by atoms with Gasteiger partial charge in [-0.05, 0) is 44.2 Å². The van der Waals surface area contributed by atoms with E-state index in [-0.39, 0.29) is 12.3 Å². The summed E-state index contributed by atoms with van der Waals surface area (Å²) >= 11 is 0. The summed E-state index contributed by atoms with van der Waals surface area (Å²) in [4.78, 5) is 23.9. The molecule has 138 valence electrons. The summed E-state index contributed by atoms with van der Waals surface area (Å²) in [5, 5.41) is 2.47. The van der Waals surface area contributed by atoms with E-state index < -0.39 is 23.8 Å². The number of anilines is 1. The van der Waals surface area contributed by atoms with Gasteiger partial charge in [-0.1, -0.05) is 18.2 Å². The van der Waals surface area contributed by atoms with Crippen LogP contribution in [0.2, 0.25) is 0 Å². The largest absolute Gasteiger partial charge is 0.490 e. The van der Waals surface area contributed by atoms with Crippen LogP contribution in [0.4, 0.5) is 10.1 Å². The third-order valence-corrected chi connectivity index (χ3v) is 3.26. The Morgan fingerprint density at radius 2 is 1.77 bits per heavy atom. The van der Waals surface area contributed by atoms with Gasteiger partial charge in [-0.25, -0.2) is 9.18 Å². The molecule has 2 aromatic carbocycles. The quantitative estimate of drug-likeness (QED) is 0.731. The van der Waals surface area contributed by atoms with Crippen molar-refractivity contribution in [2.75, 3.05) is 18.5 Å². The molecule has 2 rings (SSSR count). The smallest absolute Gasteiger partial charge is 0.344 e. The maximum atomic E-state index is 13.1. The standard InChI is InChI=1S/C19H20FNO5/c1-3-24-16-9-4-5-10-17(16)25-12-18(22)26-13(2)19(23)21-15-8-6-7-14(20)11-15/h4-11,13H,3,12H2,1-2H3,(H,21,23). The second kappa shape index (κ2) is 9.41. The number of hydrogen-bond donors (Lipinski definition) is 1. The Morgan fingerprint density at radius 1 is 1.08 bits per heavy atom. The zero-order chi connectivity index (χ0) is 18.9. The van der Waals surface area contributed by atoms with Crippen molar-refractivity contribution in [3.8, 4) is 11.5 Å². The molecule has 1 N–H and O–H groups in total. The molecule has 1 unspecified atom stereocenters. The number of nitrogens with one attached hydrogen (secondary N) is 1. The van der Waals surface area contributed by atoms with Crippen LogP contribution in [0.25, 0.3) is 0 Å². The summed E-state index contributed by atoms with van der Waals surface area (Å²) in [6.07, 6.45) is -1.06. The predicted molar refractivity (Wildman–Crippen MR) is 93.7 cm³/mol. The maximum absolute atomic E-state index is 13.1. The van der Waals surface area contributed by atoms with Gasteiger partial charge >= 0.3 is 5.97 Å². The molecular weight excluding hydrogens is 341 g/mol. The molecule has 0 heterocycles. The SMILES string of the molecule is CCOc1ccccc1OCC(=O)OC(C)C(=O)Nc1cccc(F)c1. The zero-order valence-electron chi connectivity index (χ0n) is 14.5. The van der Waals surface area contributed by atoms with Gasteiger partial charge < -0.3 is 19.5 Å². The van der Waals surface area contributed by atoms with Crippen molar-refractivity contribution in [3.05, 3.63) is 54.3 Å². The van der Waals surface area contributed by atoms with Crippen LogP contribution in [0.1, 0.15) is 13.8 Å². The van der Waals surface area contributed by atoms with Gasteiger partial charge in [0.05, 0.1) is 6.61 Å². The minimum absolute atomic E-state index is 0.278. The van der Waals surface area contributed by atoms with Gasteiger partial charge in [0.1, 0.15) is 5.82 Å². The van der Waals surface area contributed by atoms with E-state index in [0.29, 0.717) is 18.1 Å². The van der Waals surface area contributed by atoms with Crippen LogP contribution in [-0.4, -0.2) is 31.2 Å². The van der Waals surface area contributed by atoms with Crippen molar-refractivity contribution in [2.24, 2.45) is 0 Å². The lowest BCUT2D eigenvalue weighted by molar-refractivity contribution is -0.155. The van der Waals surface area contributed by atoms with Crippen LogP contribution in [0.15, 0.2) is 48.5 Å². The van der Waals surface area contributed by atoms with Crippen LogP contribution < -0.4 is 14.8 Å². The Labute approximate surface area is 150 Å². The Kier molecular flexibility index (Phi) is 6.96. The summed E-state index contributed by atoms with van der Waals surface area (Å²) in [6.45, 7) is 3.34. The number of para-hydroxylation sites is 2. The number of benzene rings is 2. The van der Waals surface area contributed by atoms with Gasteiger partial charge in [0, 0.05) is 5.69 Å².